The number of unbranched alkanes of at least 4 members (excludes halogenated alkanes) is 2. The van der Waals surface area contributed by atoms with E-state index >= 15 is 0 Å². The van der Waals surface area contributed by atoms with E-state index < -0.39 is 22.0 Å². The number of rotatable bonds is 8. The minimum Gasteiger partial charge on any atom is -0.481 e. The smallest absolute Gasteiger partial charge is 0.303 e. The van der Waals surface area contributed by atoms with Crippen molar-refractivity contribution < 1.29 is 23.1 Å². The van der Waals surface area contributed by atoms with Crippen molar-refractivity contribution in [3.05, 3.63) is 0 Å². The van der Waals surface area contributed by atoms with E-state index in [-0.39, 0.29) is 12.3 Å². The summed E-state index contributed by atoms with van der Waals surface area (Å²) in [6, 6.07) is -0.594. The van der Waals surface area contributed by atoms with Crippen LogP contribution in [0.2, 0.25) is 0 Å². The van der Waals surface area contributed by atoms with Crippen molar-refractivity contribution in [3.8, 4) is 0 Å². The molecule has 2 N–H and O–H groups in total. The third-order valence-electron chi connectivity index (χ3n) is 3.30. The van der Waals surface area contributed by atoms with Crippen molar-refractivity contribution in [1.29, 1.82) is 0 Å². The van der Waals surface area contributed by atoms with Gasteiger partial charge in [0.05, 0.1) is 6.26 Å². The third-order valence-corrected chi connectivity index (χ3v) is 4.59. The van der Waals surface area contributed by atoms with Gasteiger partial charge in [0.1, 0.15) is 6.04 Å². The summed E-state index contributed by atoms with van der Waals surface area (Å²) in [5, 5.41) is 11.2. The number of hydrogen-bond acceptors (Lipinski definition) is 4. The number of hydrogen-bond donors (Lipinski definition) is 2. The highest BCUT2D eigenvalue weighted by atomic mass is 32.2. The average Bonchev–Trinajstić information content (AvgIpc) is 2.81. The van der Waals surface area contributed by atoms with Crippen LogP contribution in [0.5, 0.6) is 0 Å². The van der Waals surface area contributed by atoms with Gasteiger partial charge in [-0.3, -0.25) is 9.59 Å². The van der Waals surface area contributed by atoms with Gasteiger partial charge >= 0.3 is 5.97 Å². The van der Waals surface area contributed by atoms with Gasteiger partial charge in [0, 0.05) is 19.5 Å². The Hall–Kier alpha value is -1.15. The zero-order valence-corrected chi connectivity index (χ0v) is 12.5. The maximum absolute atomic E-state index is 11.9. The largest absolute Gasteiger partial charge is 0.481 e. The molecule has 0 saturated carbocycles. The van der Waals surface area contributed by atoms with Crippen molar-refractivity contribution in [2.75, 3.05) is 19.3 Å². The van der Waals surface area contributed by atoms with Crippen molar-refractivity contribution in [3.63, 3.8) is 0 Å². The highest BCUT2D eigenvalue weighted by molar-refractivity contribution is 7.88. The Balaban J connectivity index is 2.27. The van der Waals surface area contributed by atoms with Crippen molar-refractivity contribution >= 4 is 21.9 Å². The molecule has 1 heterocycles. The van der Waals surface area contributed by atoms with Crippen LogP contribution < -0.4 is 5.32 Å². The predicted octanol–water partition coefficient (Wildman–Crippen LogP) is 0.172. The van der Waals surface area contributed by atoms with Crippen molar-refractivity contribution in [1.82, 2.24) is 9.62 Å². The van der Waals surface area contributed by atoms with Gasteiger partial charge in [0.2, 0.25) is 15.9 Å². The van der Waals surface area contributed by atoms with Crippen LogP contribution in [-0.2, 0) is 19.6 Å². The van der Waals surface area contributed by atoms with E-state index in [1.807, 2.05) is 0 Å². The monoisotopic (exact) mass is 306 g/mol. The van der Waals surface area contributed by atoms with Crippen LogP contribution in [0.3, 0.4) is 0 Å². The van der Waals surface area contributed by atoms with E-state index in [1.165, 1.54) is 4.31 Å². The number of nitrogens with one attached hydrogen (secondary N) is 1. The minimum absolute atomic E-state index is 0.137. The molecule has 7 nitrogen and oxygen atoms in total. The van der Waals surface area contributed by atoms with Crippen LogP contribution in [-0.4, -0.2) is 55.1 Å². The Labute approximate surface area is 119 Å². The number of carbonyl (C=O) groups excluding carboxylic acids is 1. The van der Waals surface area contributed by atoms with Gasteiger partial charge in [0.15, 0.2) is 0 Å². The fourth-order valence-electron chi connectivity index (χ4n) is 2.31. The molecule has 0 radical (unpaired) electrons. The molecule has 0 aliphatic carbocycles. The minimum atomic E-state index is -3.34. The maximum Gasteiger partial charge on any atom is 0.303 e. The first-order valence-corrected chi connectivity index (χ1v) is 8.63. The topological polar surface area (TPSA) is 104 Å². The number of aliphatic carboxylic acids is 1. The molecule has 0 aromatic heterocycles. The van der Waals surface area contributed by atoms with Crippen LogP contribution in [0.15, 0.2) is 0 Å². The van der Waals surface area contributed by atoms with Crippen LogP contribution in [0, 0.1) is 0 Å². The normalized spacial score (nSPS) is 19.9. The predicted molar refractivity (Wildman–Crippen MR) is 73.7 cm³/mol. The lowest BCUT2D eigenvalue weighted by Gasteiger charge is -2.21. The van der Waals surface area contributed by atoms with Crippen LogP contribution >= 0.6 is 0 Å². The molecule has 0 aromatic carbocycles. The Morgan fingerprint density at radius 2 is 2.00 bits per heavy atom. The van der Waals surface area contributed by atoms with E-state index in [1.54, 1.807) is 0 Å². The average molecular weight is 306 g/mol. The summed E-state index contributed by atoms with van der Waals surface area (Å²) in [7, 11) is -3.34. The number of sulfonamides is 1. The van der Waals surface area contributed by atoms with E-state index in [2.05, 4.69) is 5.32 Å². The zero-order valence-electron chi connectivity index (χ0n) is 11.7. The first kappa shape index (κ1) is 16.9. The molecule has 1 rings (SSSR count). The van der Waals surface area contributed by atoms with E-state index in [9.17, 15) is 18.0 Å². The lowest BCUT2D eigenvalue weighted by molar-refractivity contribution is -0.137. The number of carboxylic acid groups (broad SMARTS) is 1. The number of carboxylic acids is 1. The molecular formula is C12H22N2O5S. The summed E-state index contributed by atoms with van der Waals surface area (Å²) in [6.07, 6.45) is 4.52. The standard InChI is InChI=1S/C12H22N2O5S/c1-20(18,19)14-9-5-6-10(14)12(17)13-8-4-2-3-7-11(15)16/h10H,2-9H2,1H3,(H,13,17)(H,15,16). The fourth-order valence-corrected chi connectivity index (χ4v) is 3.43. The summed E-state index contributed by atoms with van der Waals surface area (Å²) in [4.78, 5) is 22.2. The zero-order chi connectivity index (χ0) is 15.2. The molecule has 0 aromatic rings. The lowest BCUT2D eigenvalue weighted by Crippen LogP contribution is -2.45. The molecular weight excluding hydrogens is 284 g/mol. The quantitative estimate of drug-likeness (QED) is 0.622. The number of nitrogens with zero attached hydrogens (tertiary/aromatic N) is 1. The molecule has 1 aliphatic heterocycles. The fraction of sp³-hybridized carbons (Fsp3) is 0.833. The highest BCUT2D eigenvalue weighted by Gasteiger charge is 2.36. The molecule has 8 heteroatoms. The molecule has 0 bridgehead atoms. The maximum atomic E-state index is 11.9. The Morgan fingerprint density at radius 3 is 2.60 bits per heavy atom. The van der Waals surface area contributed by atoms with Gasteiger partial charge in [-0.25, -0.2) is 8.42 Å². The first-order valence-electron chi connectivity index (χ1n) is 6.78. The van der Waals surface area contributed by atoms with Crippen molar-refractivity contribution in [2.24, 2.45) is 0 Å². The molecule has 20 heavy (non-hydrogen) atoms. The highest BCUT2D eigenvalue weighted by Crippen LogP contribution is 2.20. The Bertz CT molecular complexity index is 449. The molecule has 1 amide bonds. The number of carbonyl (C=O) groups is 2. The Kier molecular flexibility index (Phi) is 6.41. The third kappa shape index (κ3) is 5.46. The summed E-state index contributed by atoms with van der Waals surface area (Å²) >= 11 is 0. The molecule has 116 valence electrons. The molecule has 1 atom stereocenters. The van der Waals surface area contributed by atoms with Gasteiger partial charge in [-0.15, -0.1) is 0 Å². The number of amides is 1. The van der Waals surface area contributed by atoms with E-state index in [0.717, 1.165) is 12.7 Å². The second kappa shape index (κ2) is 7.58. The molecule has 1 aliphatic rings. The van der Waals surface area contributed by atoms with Crippen LogP contribution in [0.1, 0.15) is 38.5 Å². The van der Waals surface area contributed by atoms with Crippen LogP contribution in [0.4, 0.5) is 0 Å². The van der Waals surface area contributed by atoms with Gasteiger partial charge in [0.25, 0.3) is 0 Å². The Morgan fingerprint density at radius 1 is 1.30 bits per heavy atom. The van der Waals surface area contributed by atoms with Crippen LogP contribution in [0.25, 0.3) is 0 Å². The van der Waals surface area contributed by atoms with Gasteiger partial charge in [-0.1, -0.05) is 6.42 Å². The second-order valence-corrected chi connectivity index (χ2v) is 6.96. The van der Waals surface area contributed by atoms with Gasteiger partial charge in [-0.05, 0) is 25.7 Å². The summed E-state index contributed by atoms with van der Waals surface area (Å²) < 4.78 is 24.3. The molecule has 1 saturated heterocycles. The van der Waals surface area contributed by atoms with Crippen molar-refractivity contribution in [2.45, 2.75) is 44.6 Å². The summed E-state index contributed by atoms with van der Waals surface area (Å²) in [5.41, 5.74) is 0. The van der Waals surface area contributed by atoms with E-state index in [0.29, 0.717) is 38.8 Å². The molecule has 1 unspecified atom stereocenters. The lowest BCUT2D eigenvalue weighted by atomic mass is 10.2. The van der Waals surface area contributed by atoms with Gasteiger partial charge in [-0.2, -0.15) is 4.31 Å². The molecule has 0 spiro atoms. The second-order valence-electron chi connectivity index (χ2n) is 5.03. The van der Waals surface area contributed by atoms with E-state index in [4.69, 9.17) is 5.11 Å². The molecule has 1 fully saturated rings. The SMILES string of the molecule is CS(=O)(=O)N1CCCC1C(=O)NCCCCCC(=O)O. The first-order chi connectivity index (χ1) is 9.32. The summed E-state index contributed by atoms with van der Waals surface area (Å²) in [5.74, 6) is -1.07. The summed E-state index contributed by atoms with van der Waals surface area (Å²) in [6.45, 7) is 0.849. The van der Waals surface area contributed by atoms with Gasteiger partial charge < -0.3 is 10.4 Å².